The first-order valence-electron chi connectivity index (χ1n) is 14.0. The van der Waals surface area contributed by atoms with Gasteiger partial charge < -0.3 is 25.6 Å². The molecule has 3 aromatic rings. The number of urea groups is 1. The maximum atomic E-state index is 13.3. The van der Waals surface area contributed by atoms with Gasteiger partial charge in [-0.25, -0.2) is 23.1 Å². The van der Waals surface area contributed by atoms with Crippen molar-refractivity contribution >= 4 is 33.7 Å². The lowest BCUT2D eigenvalue weighted by molar-refractivity contribution is 0.0636. The van der Waals surface area contributed by atoms with Gasteiger partial charge in [0.1, 0.15) is 11.9 Å². The lowest BCUT2D eigenvalue weighted by atomic mass is 10.1. The smallest absolute Gasteiger partial charge is 0.435 e. The van der Waals surface area contributed by atoms with Gasteiger partial charge in [0.25, 0.3) is 0 Å². The van der Waals surface area contributed by atoms with Gasteiger partial charge in [-0.2, -0.15) is 4.99 Å². The third-order valence-corrected chi connectivity index (χ3v) is 8.21. The van der Waals surface area contributed by atoms with Gasteiger partial charge in [-0.1, -0.05) is 48.5 Å². The number of carbonyl (C=O) groups is 2. The highest BCUT2D eigenvalue weighted by molar-refractivity contribution is 7.89. The number of nitrogens with two attached hydrogens (primary N) is 2. The topological polar surface area (TPSA) is 160 Å². The highest BCUT2D eigenvalue weighted by atomic mass is 32.2. The summed E-state index contributed by atoms with van der Waals surface area (Å²) in [6.07, 6.45) is 0.645. The van der Waals surface area contributed by atoms with E-state index in [-0.39, 0.29) is 35.5 Å². The Bertz CT molecular complexity index is 1580. The number of primary sulfonamides is 1. The molecule has 0 unspecified atom stereocenters. The monoisotopic (exact) mass is 606 g/mol. The van der Waals surface area contributed by atoms with Gasteiger partial charge in [-0.05, 0) is 69.1 Å². The summed E-state index contributed by atoms with van der Waals surface area (Å²) in [7, 11) is -1.87. The summed E-state index contributed by atoms with van der Waals surface area (Å²) in [6.45, 7) is 5.82. The first kappa shape index (κ1) is 31.7. The zero-order chi connectivity index (χ0) is 31.1. The molecule has 1 fully saturated rings. The number of likely N-dealkylation sites (tertiary alicyclic amines) is 1. The average Bonchev–Trinajstić information content (AvgIpc) is 2.97. The van der Waals surface area contributed by atoms with Crippen molar-refractivity contribution in [2.75, 3.05) is 25.5 Å². The molecule has 43 heavy (non-hydrogen) atoms. The Kier molecular flexibility index (Phi) is 10.2. The number of hydrogen-bond acceptors (Lipinski definition) is 6. The van der Waals surface area contributed by atoms with Crippen molar-refractivity contribution in [3.05, 3.63) is 83.9 Å². The number of aliphatic imine (C=N–C) groups is 1. The second-order valence-electron chi connectivity index (χ2n) is 10.9. The molecular weight excluding hydrogens is 568 g/mol. The fourth-order valence-corrected chi connectivity index (χ4v) is 5.59. The van der Waals surface area contributed by atoms with Crippen molar-refractivity contribution in [1.29, 1.82) is 0 Å². The van der Waals surface area contributed by atoms with E-state index in [4.69, 9.17) is 15.6 Å². The molecule has 3 amide bonds. The SMILES string of the molecule is CC(C)N(Cc1cccc(C(N)=NC(=O)OC2CCN(C)CC2)c1)C(=O)Nc1ccc(-c2ccccc2S(N)(=O)=O)cc1. The summed E-state index contributed by atoms with van der Waals surface area (Å²) in [6, 6.07) is 20.1. The second kappa shape index (κ2) is 13.8. The molecule has 0 aromatic heterocycles. The van der Waals surface area contributed by atoms with Crippen LogP contribution in [0.25, 0.3) is 11.1 Å². The van der Waals surface area contributed by atoms with Crippen LogP contribution in [0.2, 0.25) is 0 Å². The molecule has 0 bridgehead atoms. The van der Waals surface area contributed by atoms with Crippen LogP contribution < -0.4 is 16.2 Å². The van der Waals surface area contributed by atoms with Crippen molar-refractivity contribution in [2.24, 2.45) is 15.9 Å². The Morgan fingerprint density at radius 1 is 1.05 bits per heavy atom. The maximum Gasteiger partial charge on any atom is 0.435 e. The summed E-state index contributed by atoms with van der Waals surface area (Å²) in [5.41, 5.74) is 9.16. The Morgan fingerprint density at radius 3 is 2.37 bits per heavy atom. The van der Waals surface area contributed by atoms with E-state index >= 15 is 0 Å². The van der Waals surface area contributed by atoms with Crippen molar-refractivity contribution in [2.45, 2.75) is 50.3 Å². The number of amidine groups is 1. The van der Waals surface area contributed by atoms with Crippen LogP contribution in [0.3, 0.4) is 0 Å². The van der Waals surface area contributed by atoms with Crippen LogP contribution in [0.4, 0.5) is 15.3 Å². The highest BCUT2D eigenvalue weighted by Crippen LogP contribution is 2.28. The molecular formula is C31H38N6O5S. The number of nitrogens with one attached hydrogen (secondary N) is 1. The van der Waals surface area contributed by atoms with E-state index in [0.29, 0.717) is 22.4 Å². The molecule has 12 heteroatoms. The quantitative estimate of drug-likeness (QED) is 0.253. The number of nitrogens with zero attached hydrogens (tertiary/aromatic N) is 3. The molecule has 228 valence electrons. The molecule has 11 nitrogen and oxygen atoms in total. The molecule has 1 aliphatic heterocycles. The standard InChI is InChI=1S/C31H38N6O5S/c1-21(2)37(30(38)34-25-13-11-23(12-14-25)27-9-4-5-10-28(27)43(33,40)41)20-22-7-6-8-24(19-22)29(32)35-31(39)42-26-15-17-36(3)18-16-26/h4-14,19,21,26H,15-18,20H2,1-3H3,(H,34,38)(H2,32,35,39)(H2,33,40,41). The van der Waals surface area contributed by atoms with Gasteiger partial charge in [0, 0.05) is 42.5 Å². The number of carbonyl (C=O) groups excluding carboxylic acids is 2. The van der Waals surface area contributed by atoms with Crippen LogP contribution in [-0.4, -0.2) is 68.5 Å². The van der Waals surface area contributed by atoms with Gasteiger partial charge >= 0.3 is 12.1 Å². The average molecular weight is 607 g/mol. The largest absolute Gasteiger partial charge is 0.444 e. The molecule has 3 aromatic carbocycles. The third kappa shape index (κ3) is 8.63. The van der Waals surface area contributed by atoms with Crippen molar-refractivity contribution in [3.63, 3.8) is 0 Å². The highest BCUT2D eigenvalue weighted by Gasteiger charge is 2.21. The van der Waals surface area contributed by atoms with E-state index in [1.165, 1.54) is 6.07 Å². The predicted molar refractivity (Wildman–Crippen MR) is 167 cm³/mol. The molecule has 0 radical (unpaired) electrons. The van der Waals surface area contributed by atoms with Crippen LogP contribution >= 0.6 is 0 Å². The van der Waals surface area contributed by atoms with Gasteiger partial charge in [-0.15, -0.1) is 0 Å². The van der Waals surface area contributed by atoms with E-state index in [1.54, 1.807) is 65.6 Å². The number of amides is 3. The summed E-state index contributed by atoms with van der Waals surface area (Å²) in [5.74, 6) is 0.0458. The number of ether oxygens (including phenoxy) is 1. The fourth-order valence-electron chi connectivity index (χ4n) is 4.83. The van der Waals surface area contributed by atoms with Crippen LogP contribution in [0.15, 0.2) is 82.7 Å². The molecule has 0 aliphatic carbocycles. The van der Waals surface area contributed by atoms with Crippen LogP contribution in [0.5, 0.6) is 0 Å². The Balaban J connectivity index is 1.42. The zero-order valence-corrected chi connectivity index (χ0v) is 25.4. The third-order valence-electron chi connectivity index (χ3n) is 7.25. The number of anilines is 1. The molecule has 1 saturated heterocycles. The minimum absolute atomic E-state index is 0.0276. The second-order valence-corrected chi connectivity index (χ2v) is 12.4. The lowest BCUT2D eigenvalue weighted by Crippen LogP contribution is -2.39. The van der Waals surface area contributed by atoms with Gasteiger partial charge in [0.2, 0.25) is 10.0 Å². The first-order chi connectivity index (χ1) is 20.4. The van der Waals surface area contributed by atoms with E-state index in [9.17, 15) is 18.0 Å². The summed E-state index contributed by atoms with van der Waals surface area (Å²) >= 11 is 0. The molecule has 0 atom stereocenters. The minimum Gasteiger partial charge on any atom is -0.444 e. The van der Waals surface area contributed by atoms with Crippen molar-refractivity contribution in [3.8, 4) is 11.1 Å². The van der Waals surface area contributed by atoms with Crippen LogP contribution in [0, 0.1) is 0 Å². The van der Waals surface area contributed by atoms with Crippen LogP contribution in [0.1, 0.15) is 37.8 Å². The fraction of sp³-hybridized carbons (Fsp3) is 0.323. The number of rotatable bonds is 8. The zero-order valence-electron chi connectivity index (χ0n) is 24.6. The first-order valence-corrected chi connectivity index (χ1v) is 15.6. The number of hydrogen-bond donors (Lipinski definition) is 3. The van der Waals surface area contributed by atoms with E-state index < -0.39 is 16.1 Å². The number of sulfonamides is 1. The number of benzene rings is 3. The Morgan fingerprint density at radius 2 is 1.72 bits per heavy atom. The van der Waals surface area contributed by atoms with Crippen LogP contribution in [-0.2, 0) is 21.3 Å². The summed E-state index contributed by atoms with van der Waals surface area (Å²) in [5, 5.41) is 8.28. The maximum absolute atomic E-state index is 13.3. The van der Waals surface area contributed by atoms with Gasteiger partial charge in [0.05, 0.1) is 4.90 Å². The van der Waals surface area contributed by atoms with Gasteiger partial charge in [0.15, 0.2) is 0 Å². The van der Waals surface area contributed by atoms with E-state index in [1.807, 2.05) is 27.0 Å². The lowest BCUT2D eigenvalue weighted by Gasteiger charge is -2.28. The summed E-state index contributed by atoms with van der Waals surface area (Å²) in [4.78, 5) is 33.4. The Hall–Kier alpha value is -4.26. The van der Waals surface area contributed by atoms with Crippen molar-refractivity contribution < 1.29 is 22.7 Å². The van der Waals surface area contributed by atoms with Gasteiger partial charge in [-0.3, -0.25) is 0 Å². The molecule has 5 N–H and O–H groups in total. The molecule has 1 aliphatic rings. The molecule has 0 spiro atoms. The molecule has 4 rings (SSSR count). The molecule has 0 saturated carbocycles. The Labute approximate surface area is 252 Å². The minimum atomic E-state index is -3.90. The van der Waals surface area contributed by atoms with Crippen molar-refractivity contribution in [1.82, 2.24) is 9.80 Å². The van der Waals surface area contributed by atoms with E-state index in [0.717, 1.165) is 31.5 Å². The normalized spacial score (nSPS) is 14.9. The molecule has 1 heterocycles. The predicted octanol–water partition coefficient (Wildman–Crippen LogP) is 4.38. The number of piperidine rings is 1. The van der Waals surface area contributed by atoms with E-state index in [2.05, 4.69) is 15.2 Å². The summed E-state index contributed by atoms with van der Waals surface area (Å²) < 4.78 is 29.5.